The first-order chi connectivity index (χ1) is 12.7. The summed E-state index contributed by atoms with van der Waals surface area (Å²) >= 11 is 0. The molecule has 3 aromatic rings. The molecule has 1 aromatic heterocycles. The lowest BCUT2D eigenvalue weighted by molar-refractivity contribution is 0.174. The average Bonchev–Trinajstić information content (AvgIpc) is 3.32. The van der Waals surface area contributed by atoms with Crippen molar-refractivity contribution in [2.45, 2.75) is 0 Å². The molecular weight excluding hydrogens is 336 g/mol. The van der Waals surface area contributed by atoms with Gasteiger partial charge in [-0.2, -0.15) is 0 Å². The monoisotopic (exact) mass is 352 g/mol. The fraction of sp³-hybridized carbons (Fsp3) is 0.111. The highest BCUT2D eigenvalue weighted by molar-refractivity contribution is 6.00. The number of nitrogens with one attached hydrogen (secondary N) is 2. The minimum Gasteiger partial charge on any atom is -0.494 e. The van der Waals surface area contributed by atoms with Gasteiger partial charge in [0, 0.05) is 35.9 Å². The highest BCUT2D eigenvalue weighted by atomic mass is 16.7. The standard InChI is InChI=1S/C18H16N4O4/c1-24-16-8-12(2-4-14(16)22-7-6-19-10-22)20-18(23)21-13-3-5-15-17(9-13)26-11-25-15/h2-10H,11H2,1H3,(H2,20,21,23). The van der Waals surface area contributed by atoms with E-state index in [2.05, 4.69) is 15.6 Å². The van der Waals surface area contributed by atoms with Crippen LogP contribution in [0.2, 0.25) is 0 Å². The molecule has 132 valence electrons. The second-order valence-electron chi connectivity index (χ2n) is 5.50. The number of anilines is 2. The van der Waals surface area contributed by atoms with E-state index < -0.39 is 0 Å². The molecule has 8 nitrogen and oxygen atoms in total. The van der Waals surface area contributed by atoms with Crippen LogP contribution in [0.3, 0.4) is 0 Å². The van der Waals surface area contributed by atoms with E-state index in [1.54, 1.807) is 50.0 Å². The van der Waals surface area contributed by atoms with Gasteiger partial charge in [0.15, 0.2) is 11.5 Å². The summed E-state index contributed by atoms with van der Waals surface area (Å²) in [5.74, 6) is 1.88. The molecule has 0 aliphatic carbocycles. The van der Waals surface area contributed by atoms with Gasteiger partial charge < -0.3 is 29.4 Å². The van der Waals surface area contributed by atoms with Crippen molar-refractivity contribution in [3.8, 4) is 22.9 Å². The summed E-state index contributed by atoms with van der Waals surface area (Å²) in [6.45, 7) is 0.189. The van der Waals surface area contributed by atoms with Gasteiger partial charge in [0.2, 0.25) is 6.79 Å². The zero-order valence-corrected chi connectivity index (χ0v) is 13.9. The number of rotatable bonds is 4. The molecule has 1 aliphatic rings. The molecule has 2 aromatic carbocycles. The van der Waals surface area contributed by atoms with Crippen LogP contribution < -0.4 is 24.8 Å². The third-order valence-electron chi connectivity index (χ3n) is 3.85. The molecule has 0 spiro atoms. The zero-order chi connectivity index (χ0) is 17.9. The van der Waals surface area contributed by atoms with Gasteiger partial charge in [-0.1, -0.05) is 0 Å². The maximum atomic E-state index is 12.2. The Morgan fingerprint density at radius 1 is 1.12 bits per heavy atom. The Hall–Kier alpha value is -3.68. The number of hydrogen-bond acceptors (Lipinski definition) is 5. The number of hydrogen-bond donors (Lipinski definition) is 2. The smallest absolute Gasteiger partial charge is 0.323 e. The predicted octanol–water partition coefficient (Wildman–Crippen LogP) is 3.25. The number of nitrogens with zero attached hydrogens (tertiary/aromatic N) is 2. The number of carbonyl (C=O) groups excluding carboxylic acids is 1. The number of aromatic nitrogens is 2. The van der Waals surface area contributed by atoms with E-state index in [1.165, 1.54) is 0 Å². The molecule has 2 amide bonds. The molecule has 0 radical (unpaired) electrons. The lowest BCUT2D eigenvalue weighted by Gasteiger charge is -2.12. The van der Waals surface area contributed by atoms with Crippen LogP contribution in [0, 0.1) is 0 Å². The minimum absolute atomic E-state index is 0.189. The van der Waals surface area contributed by atoms with Crippen molar-refractivity contribution < 1.29 is 19.0 Å². The topological polar surface area (TPSA) is 86.6 Å². The first kappa shape index (κ1) is 15.8. The Labute approximate surface area is 149 Å². The van der Waals surface area contributed by atoms with Gasteiger partial charge in [-0.05, 0) is 24.3 Å². The van der Waals surface area contributed by atoms with E-state index in [-0.39, 0.29) is 12.8 Å². The van der Waals surface area contributed by atoms with Gasteiger partial charge in [0.1, 0.15) is 5.75 Å². The third kappa shape index (κ3) is 3.12. The van der Waals surface area contributed by atoms with Crippen LogP contribution in [0.5, 0.6) is 17.2 Å². The molecule has 0 unspecified atom stereocenters. The maximum absolute atomic E-state index is 12.2. The molecule has 0 saturated carbocycles. The van der Waals surface area contributed by atoms with Crippen molar-refractivity contribution in [1.82, 2.24) is 9.55 Å². The minimum atomic E-state index is -0.374. The summed E-state index contributed by atoms with van der Waals surface area (Å²) in [6, 6.07) is 10.2. The summed E-state index contributed by atoms with van der Waals surface area (Å²) in [7, 11) is 1.58. The van der Waals surface area contributed by atoms with Crippen LogP contribution in [-0.4, -0.2) is 29.5 Å². The molecule has 0 fully saturated rings. The highest BCUT2D eigenvalue weighted by Crippen LogP contribution is 2.34. The lowest BCUT2D eigenvalue weighted by atomic mass is 10.2. The number of amides is 2. The maximum Gasteiger partial charge on any atom is 0.323 e. The van der Waals surface area contributed by atoms with E-state index in [1.807, 2.05) is 16.8 Å². The molecule has 0 saturated heterocycles. The summed E-state index contributed by atoms with van der Waals surface area (Å²) in [5.41, 5.74) is 2.03. The summed E-state index contributed by atoms with van der Waals surface area (Å²) in [4.78, 5) is 16.3. The van der Waals surface area contributed by atoms with Crippen LogP contribution in [-0.2, 0) is 0 Å². The molecule has 26 heavy (non-hydrogen) atoms. The summed E-state index contributed by atoms with van der Waals surface area (Å²) in [5, 5.41) is 5.54. The van der Waals surface area contributed by atoms with Gasteiger partial charge in [-0.25, -0.2) is 9.78 Å². The van der Waals surface area contributed by atoms with Crippen molar-refractivity contribution in [2.75, 3.05) is 24.5 Å². The Morgan fingerprint density at radius 3 is 2.65 bits per heavy atom. The Bertz CT molecular complexity index is 940. The number of methoxy groups -OCH3 is 1. The first-order valence-electron chi connectivity index (χ1n) is 7.87. The van der Waals surface area contributed by atoms with Gasteiger partial charge >= 0.3 is 6.03 Å². The fourth-order valence-corrected chi connectivity index (χ4v) is 2.64. The summed E-state index contributed by atoms with van der Waals surface area (Å²) < 4.78 is 17.8. The lowest BCUT2D eigenvalue weighted by Crippen LogP contribution is -2.19. The van der Waals surface area contributed by atoms with Crippen molar-refractivity contribution in [3.63, 3.8) is 0 Å². The quantitative estimate of drug-likeness (QED) is 0.753. The number of carbonyl (C=O) groups is 1. The normalized spacial score (nSPS) is 11.9. The molecule has 2 N–H and O–H groups in total. The van der Waals surface area contributed by atoms with Crippen molar-refractivity contribution >= 4 is 17.4 Å². The molecule has 2 heterocycles. The van der Waals surface area contributed by atoms with Gasteiger partial charge in [0.25, 0.3) is 0 Å². The molecule has 0 bridgehead atoms. The van der Waals surface area contributed by atoms with Crippen molar-refractivity contribution in [3.05, 3.63) is 55.1 Å². The predicted molar refractivity (Wildman–Crippen MR) is 95.3 cm³/mol. The van der Waals surface area contributed by atoms with Crippen molar-refractivity contribution in [2.24, 2.45) is 0 Å². The van der Waals surface area contributed by atoms with E-state index >= 15 is 0 Å². The molecule has 4 rings (SSSR count). The molecular formula is C18H16N4O4. The Morgan fingerprint density at radius 2 is 1.88 bits per heavy atom. The zero-order valence-electron chi connectivity index (χ0n) is 13.9. The van der Waals surface area contributed by atoms with Crippen LogP contribution in [0.15, 0.2) is 55.1 Å². The van der Waals surface area contributed by atoms with E-state index in [4.69, 9.17) is 14.2 Å². The molecule has 1 aliphatic heterocycles. The van der Waals surface area contributed by atoms with Crippen LogP contribution >= 0.6 is 0 Å². The van der Waals surface area contributed by atoms with Gasteiger partial charge in [-0.15, -0.1) is 0 Å². The number of benzene rings is 2. The Kier molecular flexibility index (Phi) is 4.06. The summed E-state index contributed by atoms with van der Waals surface area (Å²) in [6.07, 6.45) is 5.18. The van der Waals surface area contributed by atoms with E-state index in [0.717, 1.165) is 5.69 Å². The van der Waals surface area contributed by atoms with Crippen molar-refractivity contribution in [1.29, 1.82) is 0 Å². The number of urea groups is 1. The highest BCUT2D eigenvalue weighted by Gasteiger charge is 2.14. The number of imidazole rings is 1. The average molecular weight is 352 g/mol. The van der Waals surface area contributed by atoms with Gasteiger partial charge in [0.05, 0.1) is 19.1 Å². The number of fused-ring (bicyclic) bond motifs is 1. The SMILES string of the molecule is COc1cc(NC(=O)Nc2ccc3c(c2)OCO3)ccc1-n1ccnc1. The first-order valence-corrected chi connectivity index (χ1v) is 7.87. The Balaban J connectivity index is 1.47. The number of ether oxygens (including phenoxy) is 3. The van der Waals surface area contributed by atoms with E-state index in [9.17, 15) is 4.79 Å². The largest absolute Gasteiger partial charge is 0.494 e. The van der Waals surface area contributed by atoms with E-state index in [0.29, 0.717) is 28.6 Å². The molecule has 8 heteroatoms. The van der Waals surface area contributed by atoms with Crippen LogP contribution in [0.25, 0.3) is 5.69 Å². The molecule has 0 atom stereocenters. The fourth-order valence-electron chi connectivity index (χ4n) is 2.64. The third-order valence-corrected chi connectivity index (χ3v) is 3.85. The van der Waals surface area contributed by atoms with Gasteiger partial charge in [-0.3, -0.25) is 0 Å². The van der Waals surface area contributed by atoms with Crippen LogP contribution in [0.4, 0.5) is 16.2 Å². The van der Waals surface area contributed by atoms with Crippen LogP contribution in [0.1, 0.15) is 0 Å². The second-order valence-corrected chi connectivity index (χ2v) is 5.50. The second kappa shape index (κ2) is 6.67.